The van der Waals surface area contributed by atoms with Crippen molar-refractivity contribution in [3.63, 3.8) is 0 Å². The van der Waals surface area contributed by atoms with Gasteiger partial charge in [0.1, 0.15) is 22.9 Å². The summed E-state index contributed by atoms with van der Waals surface area (Å²) < 4.78 is 29.6. The lowest BCUT2D eigenvalue weighted by Gasteiger charge is -2.04. The monoisotopic (exact) mass is 420 g/mol. The van der Waals surface area contributed by atoms with Gasteiger partial charge in [-0.3, -0.25) is 4.68 Å². The number of nitrogens with two attached hydrogens (primary N) is 1. The highest BCUT2D eigenvalue weighted by Gasteiger charge is 2.17. The summed E-state index contributed by atoms with van der Waals surface area (Å²) in [5.41, 5.74) is 8.91. The lowest BCUT2D eigenvalue weighted by Crippen LogP contribution is -2.04. The second kappa shape index (κ2) is 7.87. The largest absolute Gasteiger partial charge is 0.385 e. The molecule has 3 heterocycles. The fourth-order valence-corrected chi connectivity index (χ4v) is 3.27. The molecule has 8 nitrogen and oxygen atoms in total. The molecule has 3 N–H and O–H groups in total. The maximum absolute atomic E-state index is 13.4. The lowest BCUT2D eigenvalue weighted by atomic mass is 10.1. The summed E-state index contributed by atoms with van der Waals surface area (Å²) in [5.74, 6) is 0.330. The molecule has 0 unspecified atom stereocenters. The first-order valence-corrected chi connectivity index (χ1v) is 9.28. The fraction of sp³-hybridized carbons (Fsp3) is 0.143. The summed E-state index contributed by atoms with van der Waals surface area (Å²) in [6.45, 7) is 1.63. The highest BCUT2D eigenvalue weighted by molar-refractivity contribution is 5.91. The van der Waals surface area contributed by atoms with E-state index in [4.69, 9.17) is 11.0 Å². The highest BCUT2D eigenvalue weighted by Crippen LogP contribution is 2.27. The van der Waals surface area contributed by atoms with Crippen molar-refractivity contribution in [3.8, 4) is 23.1 Å². The Balaban J connectivity index is 1.94. The molecular weight excluding hydrogens is 402 g/mol. The molecule has 4 rings (SSSR count). The third-order valence-electron chi connectivity index (χ3n) is 4.67. The number of halogens is 2. The van der Waals surface area contributed by atoms with Crippen LogP contribution in [0.5, 0.6) is 0 Å². The van der Waals surface area contributed by atoms with Crippen LogP contribution in [0.2, 0.25) is 0 Å². The molecule has 0 atom stereocenters. The number of anilines is 1. The van der Waals surface area contributed by atoms with Crippen molar-refractivity contribution in [2.45, 2.75) is 13.3 Å². The lowest BCUT2D eigenvalue weighted by molar-refractivity contribution is 0.142. The molecule has 31 heavy (non-hydrogen) atoms. The number of nitrogens with one attached hydrogen (secondary N) is 1. The number of nitriles is 1. The Bertz CT molecular complexity index is 1350. The third-order valence-corrected chi connectivity index (χ3v) is 4.67. The van der Waals surface area contributed by atoms with Crippen molar-refractivity contribution in [1.82, 2.24) is 29.5 Å². The van der Waals surface area contributed by atoms with Gasteiger partial charge in [0.15, 0.2) is 5.82 Å². The second-order valence-corrected chi connectivity index (χ2v) is 6.87. The molecule has 4 aromatic rings. The van der Waals surface area contributed by atoms with E-state index in [0.717, 1.165) is 10.2 Å². The molecule has 1 aromatic carbocycles. The molecule has 0 aliphatic rings. The zero-order chi connectivity index (χ0) is 22.1. The number of hydrogen-bond acceptors (Lipinski definition) is 5. The molecule has 0 amide bonds. The van der Waals surface area contributed by atoms with Crippen LogP contribution in [0, 0.1) is 18.3 Å². The fourth-order valence-electron chi connectivity index (χ4n) is 3.27. The van der Waals surface area contributed by atoms with Gasteiger partial charge in [0.05, 0.1) is 17.3 Å². The number of hydrogen-bond donors (Lipinski definition) is 2. The van der Waals surface area contributed by atoms with Gasteiger partial charge in [0.25, 0.3) is 6.43 Å². The smallest absolute Gasteiger partial charge is 0.280 e. The number of H-pyrrole nitrogens is 1. The zero-order valence-electron chi connectivity index (χ0n) is 16.7. The molecule has 0 saturated carbocycles. The minimum Gasteiger partial charge on any atom is -0.385 e. The van der Waals surface area contributed by atoms with Crippen molar-refractivity contribution in [1.29, 1.82) is 5.26 Å². The van der Waals surface area contributed by atoms with E-state index in [1.165, 1.54) is 18.3 Å². The number of aromatic amines is 1. The Morgan fingerprint density at radius 3 is 2.55 bits per heavy atom. The van der Waals surface area contributed by atoms with Gasteiger partial charge in [0, 0.05) is 30.3 Å². The topological polar surface area (TPSA) is 114 Å². The van der Waals surface area contributed by atoms with E-state index in [0.29, 0.717) is 28.0 Å². The number of fused-ring (bicyclic) bond motifs is 1. The average molecular weight is 420 g/mol. The molecular formula is C21H18F2N8. The van der Waals surface area contributed by atoms with Gasteiger partial charge in [-0.15, -0.1) is 0 Å². The zero-order valence-corrected chi connectivity index (χ0v) is 16.7. The Morgan fingerprint density at radius 2 is 1.87 bits per heavy atom. The highest BCUT2D eigenvalue weighted by atomic mass is 19.3. The first-order valence-electron chi connectivity index (χ1n) is 9.28. The number of aromatic nitrogens is 6. The van der Waals surface area contributed by atoms with Crippen molar-refractivity contribution in [3.05, 3.63) is 65.6 Å². The summed E-state index contributed by atoms with van der Waals surface area (Å²) in [4.78, 5) is 7.38. The van der Waals surface area contributed by atoms with Crippen LogP contribution in [-0.2, 0) is 7.05 Å². The van der Waals surface area contributed by atoms with Crippen LogP contribution >= 0.6 is 0 Å². The molecule has 0 aliphatic heterocycles. The van der Waals surface area contributed by atoms with Gasteiger partial charge in [-0.05, 0) is 31.2 Å². The van der Waals surface area contributed by atoms with Crippen LogP contribution < -0.4 is 5.73 Å². The number of nitrogens with zero attached hydrogens (tertiary/aromatic N) is 6. The number of nitrogen functional groups attached to an aromatic ring is 1. The Labute approximate surface area is 175 Å². The summed E-state index contributed by atoms with van der Waals surface area (Å²) >= 11 is 0. The van der Waals surface area contributed by atoms with Crippen LogP contribution in [0.15, 0.2) is 48.7 Å². The molecule has 10 heteroatoms. The number of rotatable bonds is 3. The van der Waals surface area contributed by atoms with E-state index < -0.39 is 6.43 Å². The molecule has 0 fully saturated rings. The van der Waals surface area contributed by atoms with Gasteiger partial charge in [-0.25, -0.2) is 18.4 Å². The van der Waals surface area contributed by atoms with Gasteiger partial charge in [0.2, 0.25) is 0 Å². The van der Waals surface area contributed by atoms with Crippen molar-refractivity contribution in [2.75, 3.05) is 5.73 Å². The number of alkyl halides is 2. The van der Waals surface area contributed by atoms with E-state index in [-0.39, 0.29) is 17.3 Å². The molecule has 156 valence electrons. The number of aryl methyl sites for hydroxylation is 2. The van der Waals surface area contributed by atoms with Gasteiger partial charge >= 0.3 is 0 Å². The molecule has 0 aliphatic carbocycles. The van der Waals surface area contributed by atoms with Crippen LogP contribution in [0.4, 0.5) is 14.6 Å². The minimum atomic E-state index is -2.72. The predicted molar refractivity (Wildman–Crippen MR) is 112 cm³/mol. The quantitative estimate of drug-likeness (QED) is 0.520. The first kappa shape index (κ1) is 20.0. The average Bonchev–Trinajstić information content (AvgIpc) is 3.29. The molecule has 3 aromatic heterocycles. The minimum absolute atomic E-state index is 0.144. The molecule has 0 spiro atoms. The predicted octanol–water partition coefficient (Wildman–Crippen LogP) is 3.97. The van der Waals surface area contributed by atoms with E-state index in [2.05, 4.69) is 26.2 Å². The second-order valence-electron chi connectivity index (χ2n) is 6.87. The van der Waals surface area contributed by atoms with Crippen molar-refractivity contribution in [2.24, 2.45) is 7.05 Å². The summed E-state index contributed by atoms with van der Waals surface area (Å²) in [7, 11) is 1.76. The van der Waals surface area contributed by atoms with E-state index in [1.54, 1.807) is 49.0 Å². The normalized spacial score (nSPS) is 11.0. The Hall–Kier alpha value is -4.26. The Morgan fingerprint density at radius 1 is 1.13 bits per heavy atom. The number of benzene rings is 1. The van der Waals surface area contributed by atoms with Crippen LogP contribution in [0.3, 0.4) is 0 Å². The van der Waals surface area contributed by atoms with E-state index in [9.17, 15) is 8.78 Å². The van der Waals surface area contributed by atoms with Gasteiger partial charge in [-0.2, -0.15) is 15.5 Å². The molecule has 0 saturated heterocycles. The molecule has 0 radical (unpaired) electrons. The van der Waals surface area contributed by atoms with Crippen LogP contribution in [0.25, 0.3) is 28.1 Å². The van der Waals surface area contributed by atoms with E-state index in [1.807, 2.05) is 0 Å². The standard InChI is InChI=1S/C21H18F2N8/c1-12-9-16(20(22)23)31(28-12)18-10-17(25)27-21-15(7-8-26-18)19(29-30(21)2)14-5-3-13(11-24)4-6-14/h3-10,20,27H,25H2,1-2H3. The SMILES string of the molecule is Cc1cc(C(F)F)n(-c2cc(N)[nH]c3c(ccn2)c(-c2ccc(C#N)cc2)nn3C)n1. The summed E-state index contributed by atoms with van der Waals surface area (Å²) in [6, 6.07) is 13.6. The maximum Gasteiger partial charge on any atom is 0.280 e. The summed E-state index contributed by atoms with van der Waals surface area (Å²) in [5, 5.41) is 18.4. The van der Waals surface area contributed by atoms with Crippen molar-refractivity contribution < 1.29 is 8.78 Å². The van der Waals surface area contributed by atoms with Crippen LogP contribution in [-0.4, -0.2) is 29.5 Å². The van der Waals surface area contributed by atoms with Crippen LogP contribution in [0.1, 0.15) is 23.4 Å². The molecule has 0 bridgehead atoms. The van der Waals surface area contributed by atoms with Gasteiger partial charge < -0.3 is 10.7 Å². The summed E-state index contributed by atoms with van der Waals surface area (Å²) in [6.07, 6.45) is -1.22. The first-order chi connectivity index (χ1) is 14.9. The van der Waals surface area contributed by atoms with Crippen molar-refractivity contribution >= 4 is 16.9 Å². The van der Waals surface area contributed by atoms with E-state index >= 15 is 0 Å². The third kappa shape index (κ3) is 3.81. The Kier molecular flexibility index (Phi) is 5.09. The maximum atomic E-state index is 13.4. The van der Waals surface area contributed by atoms with Gasteiger partial charge in [-0.1, -0.05) is 12.1 Å².